The molecule has 3 aromatic rings. The van der Waals surface area contributed by atoms with Crippen molar-refractivity contribution in [2.75, 3.05) is 11.4 Å². The highest BCUT2D eigenvalue weighted by Gasteiger charge is 2.35. The Labute approximate surface area is 154 Å². The average molecular weight is 391 g/mol. The minimum absolute atomic E-state index is 0.0431. The van der Waals surface area contributed by atoms with Crippen molar-refractivity contribution in [1.29, 1.82) is 0 Å². The van der Waals surface area contributed by atoms with Crippen LogP contribution in [0.25, 0.3) is 10.8 Å². The Balaban J connectivity index is 1.75. The monoisotopic (exact) mass is 391 g/mol. The van der Waals surface area contributed by atoms with Gasteiger partial charge in [0.2, 0.25) is 0 Å². The predicted octanol–water partition coefficient (Wildman–Crippen LogP) is 4.16. The van der Waals surface area contributed by atoms with Crippen LogP contribution in [0.4, 0.5) is 14.5 Å². The molecule has 5 nitrogen and oxygen atoms in total. The predicted molar refractivity (Wildman–Crippen MR) is 96.9 cm³/mol. The van der Waals surface area contributed by atoms with E-state index in [2.05, 4.69) is 4.74 Å². The number of ether oxygens (including phenoxy) is 2. The van der Waals surface area contributed by atoms with Gasteiger partial charge in [0, 0.05) is 5.39 Å². The molecule has 140 valence electrons. The third kappa shape index (κ3) is 2.86. The lowest BCUT2D eigenvalue weighted by molar-refractivity contribution is -0.0512. The van der Waals surface area contributed by atoms with E-state index in [0.717, 1.165) is 5.39 Å². The molecule has 0 spiro atoms. The van der Waals surface area contributed by atoms with E-state index in [4.69, 9.17) is 4.74 Å². The molecular weight excluding hydrogens is 376 g/mol. The molecule has 0 amide bonds. The van der Waals surface area contributed by atoms with Crippen LogP contribution in [0.15, 0.2) is 59.5 Å². The first-order chi connectivity index (χ1) is 12.9. The van der Waals surface area contributed by atoms with E-state index >= 15 is 0 Å². The van der Waals surface area contributed by atoms with Gasteiger partial charge >= 0.3 is 6.61 Å². The fourth-order valence-corrected chi connectivity index (χ4v) is 5.00. The van der Waals surface area contributed by atoms with E-state index in [1.54, 1.807) is 30.3 Å². The number of benzene rings is 3. The number of anilines is 1. The highest BCUT2D eigenvalue weighted by molar-refractivity contribution is 7.93. The molecule has 0 atom stereocenters. The molecule has 0 aromatic heterocycles. The van der Waals surface area contributed by atoms with Gasteiger partial charge in [0.25, 0.3) is 10.0 Å². The van der Waals surface area contributed by atoms with Crippen molar-refractivity contribution in [3.05, 3.63) is 60.2 Å². The Morgan fingerprint density at radius 3 is 2.48 bits per heavy atom. The summed E-state index contributed by atoms with van der Waals surface area (Å²) < 4.78 is 61.8. The fraction of sp³-hybridized carbons (Fsp3) is 0.158. The first-order valence-electron chi connectivity index (χ1n) is 8.08. The van der Waals surface area contributed by atoms with Crippen molar-refractivity contribution >= 4 is 26.5 Å². The maximum Gasteiger partial charge on any atom is 0.387 e. The zero-order valence-electron chi connectivity index (χ0n) is 14.2. The number of methoxy groups -OCH3 is 1. The van der Waals surface area contributed by atoms with Gasteiger partial charge in [0.15, 0.2) is 11.5 Å². The van der Waals surface area contributed by atoms with Crippen molar-refractivity contribution in [2.45, 2.75) is 18.1 Å². The molecule has 1 aliphatic rings. The number of alkyl halides is 2. The van der Waals surface area contributed by atoms with Gasteiger partial charge in [-0.1, -0.05) is 30.3 Å². The first kappa shape index (κ1) is 17.5. The summed E-state index contributed by atoms with van der Waals surface area (Å²) in [6.45, 7) is -2.93. The lowest BCUT2D eigenvalue weighted by Gasteiger charge is -2.20. The van der Waals surface area contributed by atoms with Crippen molar-refractivity contribution in [2.24, 2.45) is 0 Å². The summed E-state index contributed by atoms with van der Waals surface area (Å²) in [4.78, 5) is 0.264. The van der Waals surface area contributed by atoms with Crippen LogP contribution < -0.4 is 13.8 Å². The van der Waals surface area contributed by atoms with E-state index in [1.165, 1.54) is 23.5 Å². The van der Waals surface area contributed by atoms with Crippen molar-refractivity contribution in [3.63, 3.8) is 0 Å². The number of hydrogen-bond donors (Lipinski definition) is 0. The Kier molecular flexibility index (Phi) is 4.15. The van der Waals surface area contributed by atoms with Crippen molar-refractivity contribution < 1.29 is 26.7 Å². The molecule has 0 saturated carbocycles. The van der Waals surface area contributed by atoms with Gasteiger partial charge in [-0.05, 0) is 35.2 Å². The third-order valence-corrected chi connectivity index (χ3v) is 6.25. The molecule has 0 bridgehead atoms. The highest BCUT2D eigenvalue weighted by Crippen LogP contribution is 2.43. The fourth-order valence-electron chi connectivity index (χ4n) is 3.30. The Hall–Kier alpha value is -2.87. The molecular formula is C19H15F2NO4S. The molecule has 0 unspecified atom stereocenters. The average Bonchev–Trinajstić information content (AvgIpc) is 2.86. The Morgan fingerprint density at radius 2 is 1.78 bits per heavy atom. The molecule has 0 fully saturated rings. The topological polar surface area (TPSA) is 55.8 Å². The SMILES string of the molecule is COc1cc(CN2c3cccc4cccc(c34)S2(=O)=O)ccc1OC(F)F. The summed E-state index contributed by atoms with van der Waals surface area (Å²) in [7, 11) is -2.37. The zero-order chi connectivity index (χ0) is 19.2. The van der Waals surface area contributed by atoms with Gasteiger partial charge in [-0.15, -0.1) is 0 Å². The first-order valence-corrected chi connectivity index (χ1v) is 9.52. The molecule has 8 heteroatoms. The molecule has 1 heterocycles. The van der Waals surface area contributed by atoms with E-state index in [-0.39, 0.29) is 22.9 Å². The second kappa shape index (κ2) is 6.38. The van der Waals surface area contributed by atoms with E-state index < -0.39 is 16.6 Å². The summed E-state index contributed by atoms with van der Waals surface area (Å²) in [5.74, 6) is 0.00559. The minimum atomic E-state index is -3.70. The normalized spacial score (nSPS) is 14.7. The van der Waals surface area contributed by atoms with Gasteiger partial charge < -0.3 is 9.47 Å². The Morgan fingerprint density at radius 1 is 1.04 bits per heavy atom. The minimum Gasteiger partial charge on any atom is -0.493 e. The molecule has 3 aromatic carbocycles. The van der Waals surface area contributed by atoms with Crippen molar-refractivity contribution in [3.8, 4) is 11.5 Å². The highest BCUT2D eigenvalue weighted by atomic mass is 32.2. The largest absolute Gasteiger partial charge is 0.493 e. The van der Waals surface area contributed by atoms with Crippen LogP contribution in [-0.4, -0.2) is 22.1 Å². The van der Waals surface area contributed by atoms with Crippen LogP contribution in [0.1, 0.15) is 5.56 Å². The van der Waals surface area contributed by atoms with Crippen LogP contribution in [0.5, 0.6) is 11.5 Å². The summed E-state index contributed by atoms with van der Waals surface area (Å²) >= 11 is 0. The van der Waals surface area contributed by atoms with E-state index in [1.807, 2.05) is 12.1 Å². The molecule has 4 rings (SSSR count). The number of hydrogen-bond acceptors (Lipinski definition) is 4. The van der Waals surface area contributed by atoms with Gasteiger partial charge in [-0.2, -0.15) is 8.78 Å². The van der Waals surface area contributed by atoms with Crippen molar-refractivity contribution in [1.82, 2.24) is 0 Å². The van der Waals surface area contributed by atoms with E-state index in [9.17, 15) is 17.2 Å². The molecule has 0 aliphatic carbocycles. The van der Waals surface area contributed by atoms with Crippen LogP contribution >= 0.6 is 0 Å². The number of sulfonamides is 1. The molecule has 0 N–H and O–H groups in total. The van der Waals surface area contributed by atoms with Gasteiger partial charge in [0.1, 0.15) is 0 Å². The Bertz CT molecular complexity index is 1130. The summed E-state index contributed by atoms with van der Waals surface area (Å²) in [6, 6.07) is 15.0. The maximum absolute atomic E-state index is 13.0. The summed E-state index contributed by atoms with van der Waals surface area (Å²) in [5.41, 5.74) is 1.18. The number of nitrogens with zero attached hydrogens (tertiary/aromatic N) is 1. The second-order valence-corrected chi connectivity index (χ2v) is 7.84. The molecule has 1 aliphatic heterocycles. The molecule has 27 heavy (non-hydrogen) atoms. The summed E-state index contributed by atoms with van der Waals surface area (Å²) in [5, 5.41) is 1.53. The smallest absolute Gasteiger partial charge is 0.387 e. The van der Waals surface area contributed by atoms with Gasteiger partial charge in [-0.3, -0.25) is 4.31 Å². The molecule has 0 radical (unpaired) electrons. The van der Waals surface area contributed by atoms with Gasteiger partial charge in [-0.25, -0.2) is 8.42 Å². The lowest BCUT2D eigenvalue weighted by atomic mass is 10.1. The van der Waals surface area contributed by atoms with Crippen LogP contribution in [0.3, 0.4) is 0 Å². The van der Waals surface area contributed by atoms with Gasteiger partial charge in [0.05, 0.1) is 24.2 Å². The second-order valence-electron chi connectivity index (χ2n) is 6.01. The summed E-state index contributed by atoms with van der Waals surface area (Å²) in [6.07, 6.45) is 0. The zero-order valence-corrected chi connectivity index (χ0v) is 15.0. The number of halogens is 2. The number of rotatable bonds is 5. The maximum atomic E-state index is 13.0. The molecule has 0 saturated heterocycles. The van der Waals surface area contributed by atoms with Crippen LogP contribution in [0, 0.1) is 0 Å². The standard InChI is InChI=1S/C19H15F2NO4S/c1-25-16-10-12(8-9-15(16)26-19(20)21)11-22-14-6-2-4-13-5-3-7-17(18(13)14)27(22,23)24/h2-10,19H,11H2,1H3. The third-order valence-electron chi connectivity index (χ3n) is 4.45. The quantitative estimate of drug-likeness (QED) is 0.655. The van der Waals surface area contributed by atoms with E-state index in [0.29, 0.717) is 16.6 Å². The van der Waals surface area contributed by atoms with Crippen LogP contribution in [0.2, 0.25) is 0 Å². The van der Waals surface area contributed by atoms with Crippen LogP contribution in [-0.2, 0) is 16.6 Å². The lowest BCUT2D eigenvalue weighted by Crippen LogP contribution is -2.26.